The number of carbonyl (C=O) groups excluding carboxylic acids is 2. The number of hydrogen-bond donors (Lipinski definition) is 0. The molecule has 0 aromatic heterocycles. The van der Waals surface area contributed by atoms with Crippen LogP contribution >= 0.6 is 11.8 Å². The quantitative estimate of drug-likeness (QED) is 0.656. The van der Waals surface area contributed by atoms with Crippen molar-refractivity contribution in [3.05, 3.63) is 53.1 Å². The van der Waals surface area contributed by atoms with E-state index in [4.69, 9.17) is 9.47 Å². The summed E-state index contributed by atoms with van der Waals surface area (Å²) in [7, 11) is 3.26. The predicted molar refractivity (Wildman–Crippen MR) is 113 cm³/mol. The van der Waals surface area contributed by atoms with Gasteiger partial charge in [0.2, 0.25) is 5.91 Å². The number of ether oxygens (including phenoxy) is 2. The van der Waals surface area contributed by atoms with Gasteiger partial charge in [0, 0.05) is 29.1 Å². The lowest BCUT2D eigenvalue weighted by Crippen LogP contribution is -2.36. The zero-order chi connectivity index (χ0) is 20.1. The number of anilines is 1. The van der Waals surface area contributed by atoms with Crippen LogP contribution in [0.1, 0.15) is 34.8 Å². The maximum atomic E-state index is 12.8. The zero-order valence-electron chi connectivity index (χ0n) is 16.5. The average Bonchev–Trinajstić information content (AvgIpc) is 2.72. The Kier molecular flexibility index (Phi) is 6.62. The van der Waals surface area contributed by atoms with Crippen molar-refractivity contribution in [2.75, 3.05) is 31.4 Å². The first-order chi connectivity index (χ1) is 13.5. The van der Waals surface area contributed by atoms with Crippen molar-refractivity contribution in [2.24, 2.45) is 0 Å². The van der Waals surface area contributed by atoms with Crippen LogP contribution in [0.2, 0.25) is 0 Å². The lowest BCUT2D eigenvalue weighted by molar-refractivity contribution is -0.116. The van der Waals surface area contributed by atoms with Crippen LogP contribution < -0.4 is 14.4 Å². The van der Waals surface area contributed by atoms with Crippen molar-refractivity contribution in [2.45, 2.75) is 25.5 Å². The normalized spacial score (nSPS) is 13.0. The number of aryl methyl sites for hydroxylation is 1. The minimum absolute atomic E-state index is 0.0188. The van der Waals surface area contributed by atoms with Gasteiger partial charge in [-0.1, -0.05) is 0 Å². The molecular weight excluding hydrogens is 374 g/mol. The second-order valence-electron chi connectivity index (χ2n) is 6.72. The molecule has 0 atom stereocenters. The number of nitrogens with zero attached hydrogens (tertiary/aromatic N) is 1. The maximum Gasteiger partial charge on any atom is 0.236 e. The summed E-state index contributed by atoms with van der Waals surface area (Å²) in [6.07, 6.45) is 1.91. The SMILES string of the molecule is COc1ccc2c(c1)CCCN2C(=O)CSCc1cc(C(C)=O)ccc1OC. The number of benzene rings is 2. The smallest absolute Gasteiger partial charge is 0.236 e. The van der Waals surface area contributed by atoms with Gasteiger partial charge in [-0.05, 0) is 61.7 Å². The summed E-state index contributed by atoms with van der Waals surface area (Å²) in [5, 5.41) is 0. The monoisotopic (exact) mass is 399 g/mol. The standard InChI is InChI=1S/C22H25NO4S/c1-15(24)16-6-9-21(27-3)18(11-16)13-28-14-22(25)23-10-4-5-17-12-19(26-2)7-8-20(17)23/h6-9,11-12H,4-5,10,13-14H2,1-3H3. The van der Waals surface area contributed by atoms with Gasteiger partial charge in [0.25, 0.3) is 0 Å². The molecule has 0 saturated carbocycles. The molecule has 0 radical (unpaired) electrons. The van der Waals surface area contributed by atoms with Gasteiger partial charge < -0.3 is 14.4 Å². The summed E-state index contributed by atoms with van der Waals surface area (Å²) in [5.74, 6) is 2.65. The minimum atomic E-state index is 0.0188. The van der Waals surface area contributed by atoms with Crippen molar-refractivity contribution in [3.8, 4) is 11.5 Å². The van der Waals surface area contributed by atoms with E-state index in [2.05, 4.69) is 0 Å². The first-order valence-corrected chi connectivity index (χ1v) is 10.4. The van der Waals surface area contributed by atoms with Crippen LogP contribution in [-0.4, -0.2) is 38.2 Å². The van der Waals surface area contributed by atoms with E-state index >= 15 is 0 Å². The van der Waals surface area contributed by atoms with Gasteiger partial charge in [-0.25, -0.2) is 0 Å². The van der Waals surface area contributed by atoms with Crippen LogP contribution in [0.4, 0.5) is 5.69 Å². The van der Waals surface area contributed by atoms with E-state index in [1.165, 1.54) is 11.8 Å². The molecule has 3 rings (SSSR count). The number of carbonyl (C=O) groups is 2. The molecule has 5 nitrogen and oxygen atoms in total. The summed E-state index contributed by atoms with van der Waals surface area (Å²) in [4.78, 5) is 26.3. The average molecular weight is 400 g/mol. The summed E-state index contributed by atoms with van der Waals surface area (Å²) in [6, 6.07) is 11.3. The topological polar surface area (TPSA) is 55.8 Å². The molecule has 1 heterocycles. The third kappa shape index (κ3) is 4.50. The number of rotatable bonds is 7. The fraction of sp³-hybridized carbons (Fsp3) is 0.364. The molecule has 0 aliphatic carbocycles. The Morgan fingerprint density at radius 3 is 2.64 bits per heavy atom. The molecule has 0 saturated heterocycles. The number of fused-ring (bicyclic) bond motifs is 1. The lowest BCUT2D eigenvalue weighted by Gasteiger charge is -2.29. The first kappa shape index (κ1) is 20.3. The van der Waals surface area contributed by atoms with Gasteiger partial charge in [0.15, 0.2) is 5.78 Å². The number of Topliss-reactive ketones (excluding diaryl/α,β-unsaturated/α-hetero) is 1. The number of thioether (sulfide) groups is 1. The van der Waals surface area contributed by atoms with Gasteiger partial charge in [0.1, 0.15) is 11.5 Å². The van der Waals surface area contributed by atoms with Gasteiger partial charge in [-0.3, -0.25) is 9.59 Å². The third-order valence-corrected chi connectivity index (χ3v) is 5.84. The maximum absolute atomic E-state index is 12.8. The van der Waals surface area contributed by atoms with Crippen LogP contribution in [0.25, 0.3) is 0 Å². The molecule has 0 spiro atoms. The van der Waals surface area contributed by atoms with Crippen molar-refractivity contribution in [1.29, 1.82) is 0 Å². The highest BCUT2D eigenvalue weighted by Crippen LogP contribution is 2.31. The molecular formula is C22H25NO4S. The number of methoxy groups -OCH3 is 2. The Bertz CT molecular complexity index is 881. The Balaban J connectivity index is 1.66. The second-order valence-corrected chi connectivity index (χ2v) is 7.70. The molecule has 0 fully saturated rings. The molecule has 0 unspecified atom stereocenters. The first-order valence-electron chi connectivity index (χ1n) is 9.26. The van der Waals surface area contributed by atoms with E-state index in [1.807, 2.05) is 35.2 Å². The highest BCUT2D eigenvalue weighted by Gasteiger charge is 2.23. The van der Waals surface area contributed by atoms with E-state index < -0.39 is 0 Å². The van der Waals surface area contributed by atoms with Gasteiger partial charge in [-0.15, -0.1) is 11.8 Å². The Labute approximate surface area is 170 Å². The summed E-state index contributed by atoms with van der Waals surface area (Å²) >= 11 is 1.53. The highest BCUT2D eigenvalue weighted by molar-refractivity contribution is 7.99. The Morgan fingerprint density at radius 1 is 1.11 bits per heavy atom. The van der Waals surface area contributed by atoms with E-state index in [0.29, 0.717) is 17.1 Å². The molecule has 1 aliphatic heterocycles. The van der Waals surface area contributed by atoms with Crippen LogP contribution in [0.3, 0.4) is 0 Å². The number of hydrogen-bond acceptors (Lipinski definition) is 5. The van der Waals surface area contributed by atoms with Crippen LogP contribution in [0, 0.1) is 0 Å². The van der Waals surface area contributed by atoms with Crippen molar-refractivity contribution < 1.29 is 19.1 Å². The Morgan fingerprint density at radius 2 is 1.93 bits per heavy atom. The number of amides is 1. The molecule has 1 aliphatic rings. The van der Waals surface area contributed by atoms with Gasteiger partial charge in [-0.2, -0.15) is 0 Å². The number of ketones is 1. The Hall–Kier alpha value is -2.47. The van der Waals surface area contributed by atoms with Crippen molar-refractivity contribution in [3.63, 3.8) is 0 Å². The van der Waals surface area contributed by atoms with Crippen LogP contribution in [-0.2, 0) is 17.0 Å². The molecule has 1 amide bonds. The van der Waals surface area contributed by atoms with E-state index in [9.17, 15) is 9.59 Å². The zero-order valence-corrected chi connectivity index (χ0v) is 17.3. The molecule has 0 N–H and O–H groups in total. The fourth-order valence-corrected chi connectivity index (χ4v) is 4.27. The predicted octanol–water partition coefficient (Wildman–Crippen LogP) is 4.12. The molecule has 6 heteroatoms. The van der Waals surface area contributed by atoms with Gasteiger partial charge >= 0.3 is 0 Å². The minimum Gasteiger partial charge on any atom is -0.497 e. The summed E-state index contributed by atoms with van der Waals surface area (Å²) in [6.45, 7) is 2.28. The lowest BCUT2D eigenvalue weighted by atomic mass is 10.0. The molecule has 0 bridgehead atoms. The van der Waals surface area contributed by atoms with Crippen molar-refractivity contribution in [1.82, 2.24) is 0 Å². The van der Waals surface area contributed by atoms with Crippen molar-refractivity contribution >= 4 is 29.1 Å². The molecule has 28 heavy (non-hydrogen) atoms. The van der Waals surface area contributed by atoms with E-state index in [-0.39, 0.29) is 11.7 Å². The van der Waals surface area contributed by atoms with Gasteiger partial charge in [0.05, 0.1) is 20.0 Å². The highest BCUT2D eigenvalue weighted by atomic mass is 32.2. The van der Waals surface area contributed by atoms with Crippen LogP contribution in [0.5, 0.6) is 11.5 Å². The second kappa shape index (κ2) is 9.15. The summed E-state index contributed by atoms with van der Waals surface area (Å²) in [5.41, 5.74) is 3.71. The summed E-state index contributed by atoms with van der Waals surface area (Å²) < 4.78 is 10.7. The largest absolute Gasteiger partial charge is 0.497 e. The van der Waals surface area contributed by atoms with E-state index in [1.54, 1.807) is 27.2 Å². The third-order valence-electron chi connectivity index (χ3n) is 4.88. The van der Waals surface area contributed by atoms with Crippen LogP contribution in [0.15, 0.2) is 36.4 Å². The molecule has 2 aromatic carbocycles. The molecule has 148 valence electrons. The fourth-order valence-electron chi connectivity index (χ4n) is 3.40. The molecule has 2 aromatic rings. The van der Waals surface area contributed by atoms with E-state index in [0.717, 1.165) is 47.7 Å².